The van der Waals surface area contributed by atoms with Gasteiger partial charge in [0, 0.05) is 63.8 Å². The number of amides is 3. The Morgan fingerprint density at radius 3 is 2.08 bits per heavy atom. The topological polar surface area (TPSA) is 99.2 Å². The predicted molar refractivity (Wildman–Crippen MR) is 133 cm³/mol. The Bertz CT molecular complexity index is 1050. The number of hydrogen-bond donors (Lipinski definition) is 0. The van der Waals surface area contributed by atoms with Crippen molar-refractivity contribution in [1.29, 1.82) is 0 Å². The third-order valence-electron chi connectivity index (χ3n) is 8.36. The molecule has 0 aromatic carbocycles. The fraction of sp³-hybridized carbons (Fsp3) is 0.731. The molecule has 214 valence electrons. The zero-order chi connectivity index (χ0) is 27.6. The Morgan fingerprint density at radius 1 is 0.795 bits per heavy atom. The van der Waals surface area contributed by atoms with Crippen LogP contribution in [0, 0.1) is 11.8 Å². The largest absolute Gasteiger partial charge is 0.433 e. The van der Waals surface area contributed by atoms with E-state index in [1.165, 1.54) is 0 Å². The van der Waals surface area contributed by atoms with E-state index in [0.717, 1.165) is 18.7 Å². The van der Waals surface area contributed by atoms with Crippen molar-refractivity contribution >= 4 is 23.7 Å². The van der Waals surface area contributed by atoms with Crippen LogP contribution in [-0.4, -0.2) is 107 Å². The Balaban J connectivity index is 1.13. The summed E-state index contributed by atoms with van der Waals surface area (Å²) < 4.78 is 44.4. The van der Waals surface area contributed by atoms with Crippen LogP contribution in [0.2, 0.25) is 0 Å². The Kier molecular flexibility index (Phi) is 8.24. The quantitative estimate of drug-likeness (QED) is 0.562. The summed E-state index contributed by atoms with van der Waals surface area (Å²) in [7, 11) is 0. The number of morpholine rings is 1. The number of carbonyl (C=O) groups is 3. The Morgan fingerprint density at radius 2 is 1.41 bits per heavy atom. The van der Waals surface area contributed by atoms with Gasteiger partial charge in [0.1, 0.15) is 11.7 Å². The van der Waals surface area contributed by atoms with Gasteiger partial charge in [0.15, 0.2) is 0 Å². The van der Waals surface area contributed by atoms with Crippen LogP contribution >= 0.6 is 0 Å². The van der Waals surface area contributed by atoms with Gasteiger partial charge in [0.05, 0.1) is 13.2 Å². The number of aromatic nitrogens is 2. The van der Waals surface area contributed by atoms with Gasteiger partial charge in [-0.25, -0.2) is 9.97 Å². The fourth-order valence-corrected chi connectivity index (χ4v) is 6.11. The molecule has 0 saturated carbocycles. The van der Waals surface area contributed by atoms with Crippen molar-refractivity contribution in [2.45, 2.75) is 50.7 Å². The number of nitrogens with zero attached hydrogens (tertiary/aromatic N) is 6. The summed E-state index contributed by atoms with van der Waals surface area (Å²) in [5.41, 5.74) is -0.987. The SMILES string of the molecule is O=C(C1CCN(C(=O)[C@@H]2CCCN2C(=O)C2CCN(c3nccc(C(F)(F)F)n3)CC2)CC1)N1CCOCC1. The smallest absolute Gasteiger partial charge is 0.378 e. The molecular weight excluding hydrogens is 517 g/mol. The minimum Gasteiger partial charge on any atom is -0.378 e. The molecule has 0 unspecified atom stereocenters. The van der Waals surface area contributed by atoms with Crippen LogP contribution in [-0.2, 0) is 25.3 Å². The molecule has 1 atom stereocenters. The normalized spacial score (nSPS) is 23.8. The number of halogens is 3. The second kappa shape index (κ2) is 11.6. The summed E-state index contributed by atoms with van der Waals surface area (Å²) in [4.78, 5) is 54.4. The zero-order valence-corrected chi connectivity index (χ0v) is 21.9. The molecule has 0 spiro atoms. The van der Waals surface area contributed by atoms with Gasteiger partial charge in [-0.2, -0.15) is 13.2 Å². The van der Waals surface area contributed by atoms with Gasteiger partial charge in [-0.1, -0.05) is 0 Å². The summed E-state index contributed by atoms with van der Waals surface area (Å²) >= 11 is 0. The summed E-state index contributed by atoms with van der Waals surface area (Å²) in [5.74, 6) is -0.331. The molecule has 0 aliphatic carbocycles. The molecule has 3 amide bonds. The van der Waals surface area contributed by atoms with Gasteiger partial charge in [-0.05, 0) is 44.6 Å². The van der Waals surface area contributed by atoms with Gasteiger partial charge in [0.2, 0.25) is 23.7 Å². The number of ether oxygens (including phenoxy) is 1. The fourth-order valence-electron chi connectivity index (χ4n) is 6.11. The van der Waals surface area contributed by atoms with Gasteiger partial charge in [0.25, 0.3) is 0 Å². The first kappa shape index (κ1) is 27.6. The monoisotopic (exact) mass is 552 g/mol. The van der Waals surface area contributed by atoms with Crippen LogP contribution in [0.5, 0.6) is 0 Å². The summed E-state index contributed by atoms with van der Waals surface area (Å²) in [6, 6.07) is 0.350. The number of rotatable bonds is 4. The number of alkyl halides is 3. The van der Waals surface area contributed by atoms with E-state index < -0.39 is 17.9 Å². The van der Waals surface area contributed by atoms with Crippen molar-refractivity contribution < 1.29 is 32.3 Å². The third kappa shape index (κ3) is 6.12. The lowest BCUT2D eigenvalue weighted by molar-refractivity contribution is -0.149. The first-order valence-electron chi connectivity index (χ1n) is 13.8. The van der Waals surface area contributed by atoms with E-state index in [4.69, 9.17) is 4.74 Å². The van der Waals surface area contributed by atoms with Crippen molar-refractivity contribution in [2.24, 2.45) is 11.8 Å². The molecule has 10 nitrogen and oxygen atoms in total. The highest BCUT2D eigenvalue weighted by Crippen LogP contribution is 2.31. The highest BCUT2D eigenvalue weighted by atomic mass is 19.4. The highest BCUT2D eigenvalue weighted by Gasteiger charge is 2.41. The van der Waals surface area contributed by atoms with Crippen molar-refractivity contribution in [3.05, 3.63) is 18.0 Å². The van der Waals surface area contributed by atoms with Gasteiger partial charge < -0.3 is 24.3 Å². The van der Waals surface area contributed by atoms with Crippen LogP contribution < -0.4 is 4.90 Å². The van der Waals surface area contributed by atoms with Gasteiger partial charge in [-0.15, -0.1) is 0 Å². The third-order valence-corrected chi connectivity index (χ3v) is 8.36. The highest BCUT2D eigenvalue weighted by molar-refractivity contribution is 5.89. The molecule has 5 heterocycles. The molecule has 0 radical (unpaired) electrons. The van der Waals surface area contributed by atoms with Crippen LogP contribution in [0.15, 0.2) is 12.3 Å². The molecule has 0 bridgehead atoms. The average Bonchev–Trinajstić information content (AvgIpc) is 3.46. The van der Waals surface area contributed by atoms with Gasteiger partial charge >= 0.3 is 6.18 Å². The molecule has 4 fully saturated rings. The number of likely N-dealkylation sites (tertiary alicyclic amines) is 2. The first-order chi connectivity index (χ1) is 18.7. The first-order valence-corrected chi connectivity index (χ1v) is 13.8. The van der Waals surface area contributed by atoms with Crippen LogP contribution in [0.3, 0.4) is 0 Å². The van der Waals surface area contributed by atoms with E-state index in [-0.39, 0.29) is 35.5 Å². The predicted octanol–water partition coefficient (Wildman–Crippen LogP) is 1.80. The summed E-state index contributed by atoms with van der Waals surface area (Å²) in [5, 5.41) is 0. The van der Waals surface area contributed by atoms with Crippen molar-refractivity contribution in [2.75, 3.05) is 63.9 Å². The van der Waals surface area contributed by atoms with Crippen molar-refractivity contribution in [3.63, 3.8) is 0 Å². The van der Waals surface area contributed by atoms with Crippen LogP contribution in [0.1, 0.15) is 44.2 Å². The second-order valence-corrected chi connectivity index (χ2v) is 10.7. The molecule has 13 heteroatoms. The lowest BCUT2D eigenvalue weighted by Crippen LogP contribution is -2.53. The maximum atomic E-state index is 13.4. The maximum absolute atomic E-state index is 13.4. The summed E-state index contributed by atoms with van der Waals surface area (Å²) in [6.07, 6.45) is 0.104. The number of anilines is 1. The summed E-state index contributed by atoms with van der Waals surface area (Å²) in [6.45, 7) is 4.63. The van der Waals surface area contributed by atoms with Gasteiger partial charge in [-0.3, -0.25) is 14.4 Å². The lowest BCUT2D eigenvalue weighted by atomic mass is 9.93. The van der Waals surface area contributed by atoms with E-state index in [2.05, 4.69) is 9.97 Å². The Hall–Kier alpha value is -2.96. The molecule has 4 aliphatic rings. The maximum Gasteiger partial charge on any atom is 0.433 e. The van der Waals surface area contributed by atoms with E-state index >= 15 is 0 Å². The van der Waals surface area contributed by atoms with Crippen molar-refractivity contribution in [1.82, 2.24) is 24.7 Å². The molecule has 0 N–H and O–H groups in total. The number of hydrogen-bond acceptors (Lipinski definition) is 7. The van der Waals surface area contributed by atoms with E-state index in [1.807, 2.05) is 4.90 Å². The number of piperidine rings is 2. The standard InChI is InChI=1S/C26H35F3N6O4/c27-26(28,29)21-3-8-30-25(31-21)34-12-6-19(7-13-34)23(37)35-9-1-2-20(35)24(38)32-10-4-18(5-11-32)22(36)33-14-16-39-17-15-33/h3,8,18-20H,1-2,4-7,9-17H2/t20-/m0/s1. The Labute approximate surface area is 225 Å². The molecule has 4 saturated heterocycles. The molecule has 5 rings (SSSR count). The van der Waals surface area contributed by atoms with E-state index in [0.29, 0.717) is 91.1 Å². The second-order valence-electron chi connectivity index (χ2n) is 10.7. The molecular formula is C26H35F3N6O4. The lowest BCUT2D eigenvalue weighted by Gasteiger charge is -2.38. The molecule has 1 aromatic heterocycles. The van der Waals surface area contributed by atoms with Crippen LogP contribution in [0.4, 0.5) is 19.1 Å². The minimum atomic E-state index is -4.54. The minimum absolute atomic E-state index is 0.0143. The zero-order valence-electron chi connectivity index (χ0n) is 21.9. The average molecular weight is 553 g/mol. The van der Waals surface area contributed by atoms with E-state index in [9.17, 15) is 27.6 Å². The van der Waals surface area contributed by atoms with Crippen molar-refractivity contribution in [3.8, 4) is 0 Å². The molecule has 39 heavy (non-hydrogen) atoms. The molecule has 1 aromatic rings. The molecule has 4 aliphatic heterocycles. The van der Waals surface area contributed by atoms with Crippen LogP contribution in [0.25, 0.3) is 0 Å². The van der Waals surface area contributed by atoms with E-state index in [1.54, 1.807) is 14.7 Å². The number of carbonyl (C=O) groups excluding carboxylic acids is 3.